The Labute approximate surface area is 183 Å². The molecule has 0 aliphatic rings. The predicted molar refractivity (Wildman–Crippen MR) is 115 cm³/mol. The second kappa shape index (κ2) is 10.5. The topological polar surface area (TPSA) is 88.3 Å². The van der Waals surface area contributed by atoms with Crippen LogP contribution >= 0.6 is 0 Å². The van der Waals surface area contributed by atoms with Crippen LogP contribution in [0.15, 0.2) is 53.3 Å². The number of aromatic amines is 1. The van der Waals surface area contributed by atoms with E-state index >= 15 is 0 Å². The summed E-state index contributed by atoms with van der Waals surface area (Å²) >= 11 is 0. The molecule has 0 spiro atoms. The number of nitrogens with one attached hydrogen (secondary N) is 2. The van der Waals surface area contributed by atoms with Gasteiger partial charge in [-0.05, 0) is 18.1 Å². The molecule has 0 atom stereocenters. The molecule has 2 aromatic carbocycles. The van der Waals surface area contributed by atoms with Crippen molar-refractivity contribution in [2.45, 2.75) is 32.9 Å². The Morgan fingerprint density at radius 1 is 1.16 bits per heavy atom. The number of amides is 1. The molecule has 0 bridgehead atoms. The van der Waals surface area contributed by atoms with Gasteiger partial charge in [-0.2, -0.15) is 0 Å². The van der Waals surface area contributed by atoms with E-state index in [1.54, 1.807) is 24.3 Å². The zero-order chi connectivity index (χ0) is 23.1. The Kier molecular flexibility index (Phi) is 7.49. The quantitative estimate of drug-likeness (QED) is 0.494. The average molecular weight is 440 g/mol. The first-order valence-electron chi connectivity index (χ1n) is 10.1. The molecule has 1 heterocycles. The predicted octanol–water partition coefficient (Wildman–Crippen LogP) is 3.93. The maximum Gasteiger partial charge on any atom is 0.257 e. The molecule has 6 nitrogen and oxygen atoms in total. The summed E-state index contributed by atoms with van der Waals surface area (Å²) in [7, 11) is 0. The molecule has 0 fully saturated rings. The average Bonchev–Trinajstić information content (AvgIpc) is 2.78. The summed E-state index contributed by atoms with van der Waals surface area (Å²) in [6.07, 6.45) is 1.41. The third-order valence-electron chi connectivity index (χ3n) is 4.79. The minimum absolute atomic E-state index is 0.0275. The first-order valence-corrected chi connectivity index (χ1v) is 10.1. The summed E-state index contributed by atoms with van der Waals surface area (Å²) in [6.45, 7) is 1.64. The van der Waals surface area contributed by atoms with Crippen molar-refractivity contribution in [3.05, 3.63) is 98.5 Å². The van der Waals surface area contributed by atoms with Crippen LogP contribution in [0, 0.1) is 11.6 Å². The van der Waals surface area contributed by atoms with Crippen LogP contribution in [0.3, 0.4) is 0 Å². The fourth-order valence-electron chi connectivity index (χ4n) is 3.22. The highest BCUT2D eigenvalue weighted by Gasteiger charge is 2.23. The van der Waals surface area contributed by atoms with Crippen LogP contribution in [0.2, 0.25) is 0 Å². The van der Waals surface area contributed by atoms with Gasteiger partial charge in [0.2, 0.25) is 5.43 Å². The van der Waals surface area contributed by atoms with Crippen molar-refractivity contribution in [1.82, 2.24) is 10.3 Å². The van der Waals surface area contributed by atoms with Crippen LogP contribution < -0.4 is 15.5 Å². The van der Waals surface area contributed by atoms with E-state index in [1.165, 1.54) is 6.07 Å². The van der Waals surface area contributed by atoms with Gasteiger partial charge in [-0.1, -0.05) is 49.7 Å². The van der Waals surface area contributed by atoms with Gasteiger partial charge in [0.25, 0.3) is 5.91 Å². The summed E-state index contributed by atoms with van der Waals surface area (Å²) in [4.78, 5) is 40.4. The lowest BCUT2D eigenvalue weighted by atomic mass is 10.1. The SMILES string of the molecule is CCCc1[nH]c(C=O)c(OCc2ccccc2)c(=O)c1C(=O)NCc1ccc(F)cc1F. The molecular weight excluding hydrogens is 418 g/mol. The maximum atomic E-state index is 13.9. The second-order valence-electron chi connectivity index (χ2n) is 7.11. The van der Waals surface area contributed by atoms with Crippen molar-refractivity contribution >= 4 is 12.2 Å². The number of H-pyrrole nitrogens is 1. The molecule has 0 aliphatic heterocycles. The van der Waals surface area contributed by atoms with Crippen LogP contribution in [0.4, 0.5) is 8.78 Å². The highest BCUT2D eigenvalue weighted by molar-refractivity contribution is 5.96. The molecule has 0 aliphatic carbocycles. The number of aryl methyl sites for hydroxylation is 1. The van der Waals surface area contributed by atoms with E-state index in [-0.39, 0.29) is 41.4 Å². The molecule has 0 saturated heterocycles. The number of rotatable bonds is 9. The maximum absolute atomic E-state index is 13.9. The van der Waals surface area contributed by atoms with E-state index in [1.807, 2.05) is 13.0 Å². The number of ether oxygens (including phenoxy) is 1. The van der Waals surface area contributed by atoms with Crippen molar-refractivity contribution in [2.75, 3.05) is 0 Å². The molecule has 3 rings (SSSR count). The van der Waals surface area contributed by atoms with Gasteiger partial charge in [-0.3, -0.25) is 14.4 Å². The van der Waals surface area contributed by atoms with Crippen LogP contribution in [0.1, 0.15) is 51.0 Å². The van der Waals surface area contributed by atoms with Crippen molar-refractivity contribution in [3.8, 4) is 5.75 Å². The molecule has 166 valence electrons. The van der Waals surface area contributed by atoms with E-state index in [4.69, 9.17) is 4.74 Å². The third-order valence-corrected chi connectivity index (χ3v) is 4.79. The van der Waals surface area contributed by atoms with Crippen molar-refractivity contribution in [2.24, 2.45) is 0 Å². The van der Waals surface area contributed by atoms with Gasteiger partial charge in [0.1, 0.15) is 29.5 Å². The Hall–Kier alpha value is -3.81. The van der Waals surface area contributed by atoms with Gasteiger partial charge < -0.3 is 15.0 Å². The van der Waals surface area contributed by atoms with Gasteiger partial charge in [0, 0.05) is 23.9 Å². The number of pyridine rings is 1. The summed E-state index contributed by atoms with van der Waals surface area (Å²) in [6, 6.07) is 12.0. The Balaban J connectivity index is 1.92. The van der Waals surface area contributed by atoms with Gasteiger partial charge in [-0.15, -0.1) is 0 Å². The number of hydrogen-bond acceptors (Lipinski definition) is 4. The minimum Gasteiger partial charge on any atom is -0.483 e. The fraction of sp³-hybridized carbons (Fsp3) is 0.208. The van der Waals surface area contributed by atoms with Crippen LogP contribution in [0.25, 0.3) is 0 Å². The van der Waals surface area contributed by atoms with Crippen LogP contribution in [-0.2, 0) is 19.6 Å². The van der Waals surface area contributed by atoms with Crippen molar-refractivity contribution in [3.63, 3.8) is 0 Å². The Bertz CT molecular complexity index is 1180. The van der Waals surface area contributed by atoms with E-state index in [2.05, 4.69) is 10.3 Å². The largest absolute Gasteiger partial charge is 0.483 e. The standard InChI is InChI=1S/C24H22F2N2O4/c1-2-6-19-21(24(31)27-12-16-9-10-17(25)11-18(16)26)22(30)23(20(13-29)28-19)32-14-15-7-4-3-5-8-15/h3-5,7-11,13H,2,6,12,14H2,1H3,(H,27,31)(H,28,30). The first-order chi connectivity index (χ1) is 15.4. The zero-order valence-electron chi connectivity index (χ0n) is 17.4. The lowest BCUT2D eigenvalue weighted by Crippen LogP contribution is -2.32. The van der Waals surface area contributed by atoms with Crippen molar-refractivity contribution in [1.29, 1.82) is 0 Å². The summed E-state index contributed by atoms with van der Waals surface area (Å²) in [5.74, 6) is -2.55. The monoisotopic (exact) mass is 440 g/mol. The molecule has 8 heteroatoms. The molecule has 0 unspecified atom stereocenters. The summed E-state index contributed by atoms with van der Waals surface area (Å²) < 4.78 is 32.6. The van der Waals surface area contributed by atoms with Gasteiger partial charge in [-0.25, -0.2) is 8.78 Å². The van der Waals surface area contributed by atoms with E-state index in [9.17, 15) is 23.2 Å². The number of carbonyl (C=O) groups excluding carboxylic acids is 2. The molecular formula is C24H22F2N2O4. The van der Waals surface area contributed by atoms with Gasteiger partial charge >= 0.3 is 0 Å². The molecule has 1 amide bonds. The lowest BCUT2D eigenvalue weighted by molar-refractivity contribution is 0.0946. The normalized spacial score (nSPS) is 10.6. The van der Waals surface area contributed by atoms with Gasteiger partial charge in [0.05, 0.1) is 0 Å². The number of aromatic nitrogens is 1. The molecule has 32 heavy (non-hydrogen) atoms. The fourth-order valence-corrected chi connectivity index (χ4v) is 3.22. The lowest BCUT2D eigenvalue weighted by Gasteiger charge is -2.14. The zero-order valence-corrected chi connectivity index (χ0v) is 17.4. The van der Waals surface area contributed by atoms with Crippen LogP contribution in [-0.4, -0.2) is 17.2 Å². The molecule has 0 saturated carbocycles. The minimum atomic E-state index is -0.809. The Morgan fingerprint density at radius 3 is 2.56 bits per heavy atom. The second-order valence-corrected chi connectivity index (χ2v) is 7.11. The third kappa shape index (κ3) is 5.26. The van der Waals surface area contributed by atoms with E-state index in [0.717, 1.165) is 11.6 Å². The number of halogens is 2. The number of benzene rings is 2. The highest BCUT2D eigenvalue weighted by Crippen LogP contribution is 2.17. The van der Waals surface area contributed by atoms with Crippen molar-refractivity contribution < 1.29 is 23.1 Å². The van der Waals surface area contributed by atoms with Gasteiger partial charge in [0.15, 0.2) is 12.0 Å². The Morgan fingerprint density at radius 2 is 1.91 bits per heavy atom. The number of aldehydes is 1. The summed E-state index contributed by atoms with van der Waals surface area (Å²) in [5.41, 5.74) is 0.127. The highest BCUT2D eigenvalue weighted by atomic mass is 19.1. The molecule has 3 aromatic rings. The first kappa shape index (κ1) is 22.9. The molecule has 1 aromatic heterocycles. The van der Waals surface area contributed by atoms with Crippen LogP contribution in [0.5, 0.6) is 5.75 Å². The molecule has 2 N–H and O–H groups in total. The van der Waals surface area contributed by atoms with E-state index < -0.39 is 23.0 Å². The smallest absolute Gasteiger partial charge is 0.257 e. The number of carbonyl (C=O) groups is 2. The van der Waals surface area contributed by atoms with E-state index in [0.29, 0.717) is 25.2 Å². The number of hydrogen-bond donors (Lipinski definition) is 2. The summed E-state index contributed by atoms with van der Waals surface area (Å²) in [5, 5.41) is 2.49. The molecule has 0 radical (unpaired) electrons.